The lowest BCUT2D eigenvalue weighted by Crippen LogP contribution is -2.31. The molecule has 0 aromatic heterocycles. The van der Waals surface area contributed by atoms with Gasteiger partial charge in [-0.1, -0.05) is 36.8 Å². The summed E-state index contributed by atoms with van der Waals surface area (Å²) in [4.78, 5) is 0.258. The first-order chi connectivity index (χ1) is 8.85. The van der Waals surface area contributed by atoms with E-state index in [2.05, 4.69) is 4.72 Å². The predicted molar refractivity (Wildman–Crippen MR) is 76.4 cm³/mol. The van der Waals surface area contributed by atoms with E-state index in [4.69, 9.17) is 5.11 Å². The van der Waals surface area contributed by atoms with Crippen LogP contribution in [0.1, 0.15) is 19.4 Å². The molecule has 1 aromatic carbocycles. The molecule has 106 valence electrons. The summed E-state index contributed by atoms with van der Waals surface area (Å²) < 4.78 is 26.7. The molecule has 4 nitrogen and oxygen atoms in total. The molecular formula is C14H21NO3S. The third-order valence-corrected chi connectivity index (χ3v) is 4.26. The van der Waals surface area contributed by atoms with Crippen molar-refractivity contribution in [2.24, 2.45) is 5.92 Å². The molecule has 0 aliphatic rings. The average molecular weight is 283 g/mol. The molecule has 0 fully saturated rings. The molecule has 2 N–H and O–H groups in total. The number of hydrogen-bond acceptors (Lipinski definition) is 3. The predicted octanol–water partition coefficient (Wildman–Crippen LogP) is 1.85. The van der Waals surface area contributed by atoms with Crippen molar-refractivity contribution in [1.29, 1.82) is 0 Å². The Balaban J connectivity index is 2.74. The van der Waals surface area contributed by atoms with Crippen LogP contribution in [0, 0.1) is 12.8 Å². The molecule has 0 amide bonds. The van der Waals surface area contributed by atoms with Crippen molar-refractivity contribution in [2.45, 2.75) is 31.7 Å². The molecule has 1 rings (SSSR count). The van der Waals surface area contributed by atoms with Crippen LogP contribution in [0.2, 0.25) is 0 Å². The monoisotopic (exact) mass is 283 g/mol. The summed E-state index contributed by atoms with van der Waals surface area (Å²) in [7, 11) is -3.49. The maximum absolute atomic E-state index is 12.1. The fourth-order valence-corrected chi connectivity index (χ4v) is 2.69. The van der Waals surface area contributed by atoms with Gasteiger partial charge in [-0.25, -0.2) is 13.1 Å². The van der Waals surface area contributed by atoms with Crippen molar-refractivity contribution < 1.29 is 13.5 Å². The van der Waals surface area contributed by atoms with Gasteiger partial charge < -0.3 is 5.11 Å². The zero-order valence-electron chi connectivity index (χ0n) is 11.5. The summed E-state index contributed by atoms with van der Waals surface area (Å²) in [5, 5.41) is 8.89. The van der Waals surface area contributed by atoms with Gasteiger partial charge in [0.05, 0.1) is 4.90 Å². The molecule has 1 aromatic rings. The molecule has 0 aliphatic carbocycles. The molecule has 0 spiro atoms. The van der Waals surface area contributed by atoms with E-state index in [1.807, 2.05) is 13.8 Å². The zero-order valence-corrected chi connectivity index (χ0v) is 12.3. The number of nitrogens with one attached hydrogen (secondary N) is 1. The molecule has 0 saturated carbocycles. The van der Waals surface area contributed by atoms with Crippen LogP contribution < -0.4 is 4.72 Å². The van der Waals surface area contributed by atoms with Crippen molar-refractivity contribution in [1.82, 2.24) is 4.72 Å². The molecule has 5 heteroatoms. The lowest BCUT2D eigenvalue weighted by Gasteiger charge is -2.11. The summed E-state index contributed by atoms with van der Waals surface area (Å²) in [5.74, 6) is 0.0197. The largest absolute Gasteiger partial charge is 0.396 e. The Morgan fingerprint density at radius 2 is 1.79 bits per heavy atom. The highest BCUT2D eigenvalue weighted by molar-refractivity contribution is 7.89. The number of aliphatic hydroxyl groups is 1. The molecule has 0 saturated heterocycles. The Morgan fingerprint density at radius 1 is 1.21 bits per heavy atom. The standard InChI is InChI=1S/C14H21NO3S/c1-11-5-8-14(9-6-11)19(17,18)15-13(3)7-4-12(2)10-16/h4-9,12-13,15-16H,10H2,1-3H3/b7-4+/t12-,13+/m0/s1. The SMILES string of the molecule is Cc1ccc(S(=O)(=O)N[C@H](C)/C=C/[C@H](C)CO)cc1. The summed E-state index contributed by atoms with van der Waals surface area (Å²) in [6, 6.07) is 6.39. The van der Waals surface area contributed by atoms with Crippen molar-refractivity contribution in [3.8, 4) is 0 Å². The Hall–Kier alpha value is -1.17. The fraction of sp³-hybridized carbons (Fsp3) is 0.429. The number of aliphatic hydroxyl groups excluding tert-OH is 1. The normalized spacial score (nSPS) is 15.6. The van der Waals surface area contributed by atoms with Gasteiger partial charge in [-0.2, -0.15) is 0 Å². The van der Waals surface area contributed by atoms with Crippen LogP contribution in [-0.4, -0.2) is 26.2 Å². The molecule has 0 bridgehead atoms. The van der Waals surface area contributed by atoms with Gasteiger partial charge in [0.2, 0.25) is 10.0 Å². The minimum atomic E-state index is -3.49. The van der Waals surface area contributed by atoms with Gasteiger partial charge in [0, 0.05) is 12.6 Å². The van der Waals surface area contributed by atoms with Crippen molar-refractivity contribution >= 4 is 10.0 Å². The van der Waals surface area contributed by atoms with E-state index in [0.29, 0.717) is 0 Å². The molecule has 19 heavy (non-hydrogen) atoms. The number of sulfonamides is 1. The highest BCUT2D eigenvalue weighted by Crippen LogP contribution is 2.10. The van der Waals surface area contributed by atoms with Crippen LogP contribution >= 0.6 is 0 Å². The third kappa shape index (κ3) is 5.14. The van der Waals surface area contributed by atoms with Crippen LogP contribution in [-0.2, 0) is 10.0 Å². The van der Waals surface area contributed by atoms with Gasteiger partial charge in [0.25, 0.3) is 0 Å². The van der Waals surface area contributed by atoms with Crippen LogP contribution in [0.4, 0.5) is 0 Å². The number of hydrogen-bond donors (Lipinski definition) is 2. The van der Waals surface area contributed by atoms with Crippen LogP contribution in [0.15, 0.2) is 41.3 Å². The lowest BCUT2D eigenvalue weighted by atomic mass is 10.1. The molecule has 2 atom stereocenters. The number of benzene rings is 1. The van der Waals surface area contributed by atoms with Gasteiger partial charge in [0.15, 0.2) is 0 Å². The van der Waals surface area contributed by atoms with E-state index < -0.39 is 10.0 Å². The average Bonchev–Trinajstić information content (AvgIpc) is 2.36. The second-order valence-electron chi connectivity index (χ2n) is 4.77. The van der Waals surface area contributed by atoms with Gasteiger partial charge in [-0.3, -0.25) is 0 Å². The third-order valence-electron chi connectivity index (χ3n) is 2.69. The van der Waals surface area contributed by atoms with Crippen molar-refractivity contribution in [3.05, 3.63) is 42.0 Å². The molecule has 0 heterocycles. The summed E-state index contributed by atoms with van der Waals surface area (Å²) >= 11 is 0. The number of aryl methyl sites for hydroxylation is 1. The van der Waals surface area contributed by atoms with Gasteiger partial charge in [0.1, 0.15) is 0 Å². The van der Waals surface area contributed by atoms with Crippen LogP contribution in [0.25, 0.3) is 0 Å². The minimum absolute atomic E-state index is 0.0197. The summed E-state index contributed by atoms with van der Waals surface area (Å²) in [6.07, 6.45) is 3.54. The van der Waals surface area contributed by atoms with E-state index in [9.17, 15) is 8.42 Å². The highest BCUT2D eigenvalue weighted by atomic mass is 32.2. The highest BCUT2D eigenvalue weighted by Gasteiger charge is 2.15. The van der Waals surface area contributed by atoms with Crippen LogP contribution in [0.5, 0.6) is 0 Å². The fourth-order valence-electron chi connectivity index (χ4n) is 1.49. The lowest BCUT2D eigenvalue weighted by molar-refractivity contribution is 0.261. The van der Waals surface area contributed by atoms with Crippen molar-refractivity contribution in [2.75, 3.05) is 6.61 Å². The second-order valence-corrected chi connectivity index (χ2v) is 6.48. The summed E-state index contributed by atoms with van der Waals surface area (Å²) in [5.41, 5.74) is 1.02. The molecular weight excluding hydrogens is 262 g/mol. The Labute approximate surface area is 115 Å². The summed E-state index contributed by atoms with van der Waals surface area (Å²) in [6.45, 7) is 5.57. The van der Waals surface area contributed by atoms with Crippen LogP contribution in [0.3, 0.4) is 0 Å². The zero-order chi connectivity index (χ0) is 14.5. The smallest absolute Gasteiger partial charge is 0.241 e. The first-order valence-corrected chi connectivity index (χ1v) is 7.71. The van der Waals surface area contributed by atoms with E-state index in [1.165, 1.54) is 0 Å². The van der Waals surface area contributed by atoms with E-state index in [1.54, 1.807) is 43.3 Å². The molecule has 0 unspecified atom stereocenters. The van der Waals surface area contributed by atoms with Gasteiger partial charge >= 0.3 is 0 Å². The van der Waals surface area contributed by atoms with E-state index >= 15 is 0 Å². The van der Waals surface area contributed by atoms with Gasteiger partial charge in [-0.15, -0.1) is 0 Å². The van der Waals surface area contributed by atoms with E-state index in [-0.39, 0.29) is 23.5 Å². The Morgan fingerprint density at radius 3 is 2.32 bits per heavy atom. The number of rotatable bonds is 6. The van der Waals surface area contributed by atoms with Crippen molar-refractivity contribution in [3.63, 3.8) is 0 Å². The second kappa shape index (κ2) is 6.84. The Kier molecular flexibility index (Phi) is 5.72. The molecule has 0 aliphatic heterocycles. The minimum Gasteiger partial charge on any atom is -0.396 e. The Bertz CT molecular complexity index is 520. The quantitative estimate of drug-likeness (QED) is 0.783. The van der Waals surface area contributed by atoms with E-state index in [0.717, 1.165) is 5.56 Å². The molecule has 0 radical (unpaired) electrons. The topological polar surface area (TPSA) is 66.4 Å². The first kappa shape index (κ1) is 15.9. The van der Waals surface area contributed by atoms with Gasteiger partial charge in [-0.05, 0) is 31.9 Å². The first-order valence-electron chi connectivity index (χ1n) is 6.23. The maximum atomic E-state index is 12.1. The maximum Gasteiger partial charge on any atom is 0.241 e.